The van der Waals surface area contributed by atoms with E-state index in [1.165, 1.54) is 23.5 Å². The summed E-state index contributed by atoms with van der Waals surface area (Å²) in [7, 11) is 0. The highest BCUT2D eigenvalue weighted by molar-refractivity contribution is 7.18. The summed E-state index contributed by atoms with van der Waals surface area (Å²) < 4.78 is 12.9. The van der Waals surface area contributed by atoms with Crippen molar-refractivity contribution in [3.05, 3.63) is 60.0 Å². The van der Waals surface area contributed by atoms with E-state index in [0.717, 1.165) is 5.69 Å². The van der Waals surface area contributed by atoms with Crippen molar-refractivity contribution in [1.29, 1.82) is 0 Å². The first-order chi connectivity index (χ1) is 11.1. The van der Waals surface area contributed by atoms with Crippen molar-refractivity contribution >= 4 is 16.5 Å². The minimum absolute atomic E-state index is 0.301. The molecule has 0 saturated carbocycles. The van der Waals surface area contributed by atoms with Gasteiger partial charge in [0.1, 0.15) is 11.5 Å². The van der Waals surface area contributed by atoms with E-state index < -0.39 is 6.10 Å². The van der Waals surface area contributed by atoms with Crippen LogP contribution in [-0.2, 0) is 0 Å². The molecule has 0 amide bonds. The van der Waals surface area contributed by atoms with Crippen molar-refractivity contribution < 1.29 is 9.50 Å². The zero-order chi connectivity index (χ0) is 16.2. The maximum Gasteiger partial charge on any atom is 0.206 e. The van der Waals surface area contributed by atoms with Gasteiger partial charge in [0.25, 0.3) is 0 Å². The molecular weight excluding hydrogens is 315 g/mol. The van der Waals surface area contributed by atoms with Crippen LogP contribution in [0.1, 0.15) is 18.6 Å². The van der Waals surface area contributed by atoms with Gasteiger partial charge in [-0.15, -0.1) is 10.2 Å². The number of nitrogens with zero attached hydrogens (tertiary/aromatic N) is 3. The number of nitrogens with one attached hydrogen (secondary N) is 1. The predicted octanol–water partition coefficient (Wildman–Crippen LogP) is 3.27. The molecule has 0 radical (unpaired) electrons. The van der Waals surface area contributed by atoms with E-state index in [4.69, 9.17) is 0 Å². The number of aliphatic hydroxyl groups excluding tert-OH is 1. The van der Waals surface area contributed by atoms with Gasteiger partial charge >= 0.3 is 0 Å². The first-order valence-electron chi connectivity index (χ1n) is 7.08. The molecule has 2 atom stereocenters. The number of benzene rings is 1. The number of anilines is 1. The third kappa shape index (κ3) is 3.69. The van der Waals surface area contributed by atoms with Crippen molar-refractivity contribution in [2.75, 3.05) is 5.32 Å². The zero-order valence-electron chi connectivity index (χ0n) is 12.3. The van der Waals surface area contributed by atoms with Crippen molar-refractivity contribution in [3.8, 4) is 10.7 Å². The smallest absolute Gasteiger partial charge is 0.206 e. The summed E-state index contributed by atoms with van der Waals surface area (Å²) in [5, 5.41) is 22.9. The van der Waals surface area contributed by atoms with E-state index in [2.05, 4.69) is 20.5 Å². The molecule has 0 aliphatic heterocycles. The van der Waals surface area contributed by atoms with Crippen LogP contribution in [0.25, 0.3) is 10.7 Å². The number of pyridine rings is 1. The monoisotopic (exact) mass is 330 g/mol. The Morgan fingerprint density at radius 3 is 2.61 bits per heavy atom. The van der Waals surface area contributed by atoms with Gasteiger partial charge in [0.05, 0.1) is 12.1 Å². The topological polar surface area (TPSA) is 70.9 Å². The molecule has 0 bridgehead atoms. The molecule has 0 fully saturated rings. The minimum atomic E-state index is -0.780. The van der Waals surface area contributed by atoms with Crippen LogP contribution in [0, 0.1) is 5.82 Å². The zero-order valence-corrected chi connectivity index (χ0v) is 13.2. The summed E-state index contributed by atoms with van der Waals surface area (Å²) in [5.74, 6) is -0.328. The van der Waals surface area contributed by atoms with Crippen LogP contribution < -0.4 is 5.32 Å². The molecule has 118 valence electrons. The number of aliphatic hydroxyl groups is 1. The standard InChI is InChI=1S/C16H15FN4OS/c1-10(14(22)11-5-7-12(17)8-6-11)19-16-21-20-15(23-16)13-4-2-3-9-18-13/h2-10,14,22H,1H3,(H,19,21). The molecular formula is C16H15FN4OS. The largest absolute Gasteiger partial charge is 0.386 e. The Bertz CT molecular complexity index is 763. The summed E-state index contributed by atoms with van der Waals surface area (Å²) in [6, 6.07) is 11.1. The van der Waals surface area contributed by atoms with E-state index in [-0.39, 0.29) is 11.9 Å². The van der Waals surface area contributed by atoms with Crippen molar-refractivity contribution in [3.63, 3.8) is 0 Å². The molecule has 1 aromatic carbocycles. The first-order valence-corrected chi connectivity index (χ1v) is 7.90. The normalized spacial score (nSPS) is 13.5. The number of rotatable bonds is 5. The fourth-order valence-corrected chi connectivity index (χ4v) is 2.91. The Morgan fingerprint density at radius 2 is 1.91 bits per heavy atom. The number of hydrogen-bond acceptors (Lipinski definition) is 6. The molecule has 7 heteroatoms. The van der Waals surface area contributed by atoms with Crippen LogP contribution in [0.5, 0.6) is 0 Å². The fraction of sp³-hybridized carbons (Fsp3) is 0.188. The van der Waals surface area contributed by atoms with Gasteiger partial charge < -0.3 is 10.4 Å². The molecule has 0 saturated heterocycles. The number of hydrogen-bond donors (Lipinski definition) is 2. The quantitative estimate of drug-likeness (QED) is 0.751. The Labute approximate surface area is 136 Å². The van der Waals surface area contributed by atoms with E-state index in [9.17, 15) is 9.50 Å². The maximum absolute atomic E-state index is 12.9. The third-order valence-corrected chi connectivity index (χ3v) is 4.22. The molecule has 2 N–H and O–H groups in total. The average Bonchev–Trinajstić information content (AvgIpc) is 3.04. The summed E-state index contributed by atoms with van der Waals surface area (Å²) in [4.78, 5) is 4.23. The average molecular weight is 330 g/mol. The molecule has 0 spiro atoms. The van der Waals surface area contributed by atoms with Crippen LogP contribution in [0.4, 0.5) is 9.52 Å². The Kier molecular flexibility index (Phi) is 4.59. The van der Waals surface area contributed by atoms with Crippen molar-refractivity contribution in [1.82, 2.24) is 15.2 Å². The Hall–Kier alpha value is -2.38. The lowest BCUT2D eigenvalue weighted by Crippen LogP contribution is -2.24. The SMILES string of the molecule is CC(Nc1nnc(-c2ccccn2)s1)C(O)c1ccc(F)cc1. The van der Waals surface area contributed by atoms with Gasteiger partial charge in [0.2, 0.25) is 5.13 Å². The molecule has 0 aliphatic carbocycles. The van der Waals surface area contributed by atoms with Gasteiger partial charge in [0.15, 0.2) is 5.01 Å². The number of halogens is 1. The lowest BCUT2D eigenvalue weighted by atomic mass is 10.0. The fourth-order valence-electron chi connectivity index (χ4n) is 2.10. The number of aromatic nitrogens is 3. The van der Waals surface area contributed by atoms with Gasteiger partial charge in [-0.25, -0.2) is 4.39 Å². The second-order valence-electron chi connectivity index (χ2n) is 5.06. The van der Waals surface area contributed by atoms with Gasteiger partial charge in [0, 0.05) is 6.20 Å². The first kappa shape index (κ1) is 15.5. The highest BCUT2D eigenvalue weighted by Crippen LogP contribution is 2.27. The van der Waals surface area contributed by atoms with E-state index >= 15 is 0 Å². The summed E-state index contributed by atoms with van der Waals surface area (Å²) in [5.41, 5.74) is 1.39. The molecule has 3 aromatic rings. The van der Waals surface area contributed by atoms with Crippen molar-refractivity contribution in [2.24, 2.45) is 0 Å². The van der Waals surface area contributed by atoms with Gasteiger partial charge in [-0.05, 0) is 36.8 Å². The van der Waals surface area contributed by atoms with Crippen LogP contribution >= 0.6 is 11.3 Å². The van der Waals surface area contributed by atoms with Crippen LogP contribution in [-0.4, -0.2) is 26.3 Å². The second-order valence-corrected chi connectivity index (χ2v) is 6.03. The molecule has 3 rings (SSSR count). The third-order valence-electron chi connectivity index (χ3n) is 3.35. The molecule has 0 aliphatic rings. The molecule has 2 heterocycles. The van der Waals surface area contributed by atoms with E-state index in [0.29, 0.717) is 15.7 Å². The van der Waals surface area contributed by atoms with Crippen LogP contribution in [0.2, 0.25) is 0 Å². The summed E-state index contributed by atoms with van der Waals surface area (Å²) in [6.45, 7) is 1.83. The predicted molar refractivity (Wildman–Crippen MR) is 87.6 cm³/mol. The van der Waals surface area contributed by atoms with Crippen LogP contribution in [0.3, 0.4) is 0 Å². The Balaban J connectivity index is 1.69. The summed E-state index contributed by atoms with van der Waals surface area (Å²) >= 11 is 1.36. The summed E-state index contributed by atoms with van der Waals surface area (Å²) in [6.07, 6.45) is 0.919. The second kappa shape index (κ2) is 6.80. The molecule has 2 unspecified atom stereocenters. The van der Waals surface area contributed by atoms with Crippen LogP contribution in [0.15, 0.2) is 48.7 Å². The molecule has 23 heavy (non-hydrogen) atoms. The van der Waals surface area contributed by atoms with Gasteiger partial charge in [-0.1, -0.05) is 29.5 Å². The molecule has 5 nitrogen and oxygen atoms in total. The van der Waals surface area contributed by atoms with E-state index in [1.807, 2.05) is 25.1 Å². The van der Waals surface area contributed by atoms with Crippen molar-refractivity contribution in [2.45, 2.75) is 19.1 Å². The van der Waals surface area contributed by atoms with Gasteiger partial charge in [-0.3, -0.25) is 4.98 Å². The van der Waals surface area contributed by atoms with Gasteiger partial charge in [-0.2, -0.15) is 0 Å². The maximum atomic E-state index is 12.9. The highest BCUT2D eigenvalue weighted by atomic mass is 32.1. The lowest BCUT2D eigenvalue weighted by Gasteiger charge is -2.19. The Morgan fingerprint density at radius 1 is 1.13 bits per heavy atom. The van der Waals surface area contributed by atoms with E-state index in [1.54, 1.807) is 18.3 Å². The minimum Gasteiger partial charge on any atom is -0.386 e. The highest BCUT2D eigenvalue weighted by Gasteiger charge is 2.18. The molecule has 2 aromatic heterocycles. The lowest BCUT2D eigenvalue weighted by molar-refractivity contribution is 0.160.